The van der Waals surface area contributed by atoms with Gasteiger partial charge in [-0.25, -0.2) is 0 Å². The zero-order chi connectivity index (χ0) is 14.5. The normalized spacial score (nSPS) is 12.9. The van der Waals surface area contributed by atoms with E-state index in [9.17, 15) is 4.79 Å². The predicted octanol–water partition coefficient (Wildman–Crippen LogP) is 3.94. The third-order valence-electron chi connectivity index (χ3n) is 2.64. The number of benzene rings is 1. The Bertz CT molecular complexity index is 424. The Morgan fingerprint density at radius 1 is 1.37 bits per heavy atom. The lowest BCUT2D eigenvalue weighted by molar-refractivity contribution is -0.147. The van der Waals surface area contributed by atoms with Gasteiger partial charge in [-0.1, -0.05) is 38.4 Å². The van der Waals surface area contributed by atoms with Gasteiger partial charge in [0, 0.05) is 5.02 Å². The summed E-state index contributed by atoms with van der Waals surface area (Å²) in [6.07, 6.45) is 0.709. The van der Waals surface area contributed by atoms with E-state index in [1.165, 1.54) is 7.11 Å². The second-order valence-electron chi connectivity index (χ2n) is 5.75. The first-order chi connectivity index (χ1) is 8.81. The highest BCUT2D eigenvalue weighted by Gasteiger charge is 2.26. The molecule has 106 valence electrons. The lowest BCUT2D eigenvalue weighted by atomic mass is 9.85. The summed E-state index contributed by atoms with van der Waals surface area (Å²) in [5.74, 6) is 0.149. The van der Waals surface area contributed by atoms with Crippen molar-refractivity contribution in [3.63, 3.8) is 0 Å². The van der Waals surface area contributed by atoms with Gasteiger partial charge in [-0.15, -0.1) is 0 Å². The molecule has 1 rings (SSSR count). The number of hydrogen-bond acceptors (Lipinski definition) is 3. The number of esters is 1. The van der Waals surface area contributed by atoms with Crippen LogP contribution in [-0.2, 0) is 9.53 Å². The number of rotatable bonds is 5. The topological polar surface area (TPSA) is 35.5 Å². The molecular formula is C15H21ClO3. The lowest BCUT2D eigenvalue weighted by Gasteiger charge is -2.24. The van der Waals surface area contributed by atoms with E-state index in [1.807, 2.05) is 12.1 Å². The third-order valence-corrected chi connectivity index (χ3v) is 2.88. The molecule has 4 heteroatoms. The summed E-state index contributed by atoms with van der Waals surface area (Å²) in [5, 5.41) is 0.614. The van der Waals surface area contributed by atoms with Crippen molar-refractivity contribution in [2.24, 2.45) is 11.3 Å². The van der Waals surface area contributed by atoms with Gasteiger partial charge in [0.05, 0.1) is 13.0 Å². The first-order valence-electron chi connectivity index (χ1n) is 6.28. The van der Waals surface area contributed by atoms with Crippen molar-refractivity contribution < 1.29 is 14.3 Å². The maximum Gasteiger partial charge on any atom is 0.312 e. The first kappa shape index (κ1) is 15.8. The molecule has 0 aliphatic heterocycles. The summed E-state index contributed by atoms with van der Waals surface area (Å²) in [5.41, 5.74) is 0.0382. The average Bonchev–Trinajstić information content (AvgIpc) is 2.32. The van der Waals surface area contributed by atoms with Crippen LogP contribution in [0.5, 0.6) is 5.75 Å². The van der Waals surface area contributed by atoms with Gasteiger partial charge < -0.3 is 9.47 Å². The second kappa shape index (κ2) is 6.80. The largest absolute Gasteiger partial charge is 0.493 e. The zero-order valence-electron chi connectivity index (χ0n) is 11.9. The van der Waals surface area contributed by atoms with Gasteiger partial charge in [0.2, 0.25) is 0 Å². The van der Waals surface area contributed by atoms with Gasteiger partial charge >= 0.3 is 5.97 Å². The standard InChI is InChI=1S/C15H21ClO3/c1-15(2,3)9-11(14(17)18-4)10-19-13-7-5-6-12(16)8-13/h5-8,11H,9-10H2,1-4H3. The molecule has 0 radical (unpaired) electrons. The maximum atomic E-state index is 11.7. The highest BCUT2D eigenvalue weighted by molar-refractivity contribution is 6.30. The van der Waals surface area contributed by atoms with Crippen LogP contribution in [-0.4, -0.2) is 19.7 Å². The van der Waals surface area contributed by atoms with Crippen LogP contribution >= 0.6 is 11.6 Å². The van der Waals surface area contributed by atoms with E-state index in [0.29, 0.717) is 23.8 Å². The average molecular weight is 285 g/mol. The molecule has 19 heavy (non-hydrogen) atoms. The minimum Gasteiger partial charge on any atom is -0.493 e. The van der Waals surface area contributed by atoms with E-state index < -0.39 is 0 Å². The molecule has 0 fully saturated rings. The van der Waals surface area contributed by atoms with Crippen LogP contribution in [0.15, 0.2) is 24.3 Å². The highest BCUT2D eigenvalue weighted by Crippen LogP contribution is 2.26. The van der Waals surface area contributed by atoms with E-state index in [4.69, 9.17) is 21.1 Å². The van der Waals surface area contributed by atoms with Crippen molar-refractivity contribution in [1.29, 1.82) is 0 Å². The SMILES string of the molecule is COC(=O)C(COc1cccc(Cl)c1)CC(C)(C)C. The Hall–Kier alpha value is -1.22. The number of carbonyl (C=O) groups excluding carboxylic acids is 1. The number of methoxy groups -OCH3 is 1. The van der Waals surface area contributed by atoms with E-state index >= 15 is 0 Å². The maximum absolute atomic E-state index is 11.7. The number of ether oxygens (including phenoxy) is 2. The summed E-state index contributed by atoms with van der Waals surface area (Å²) in [6.45, 7) is 6.55. The third kappa shape index (κ3) is 5.97. The van der Waals surface area contributed by atoms with Gasteiger partial charge in [-0.3, -0.25) is 4.79 Å². The molecule has 0 amide bonds. The van der Waals surface area contributed by atoms with Crippen LogP contribution in [0.25, 0.3) is 0 Å². The summed E-state index contributed by atoms with van der Waals surface area (Å²) in [6, 6.07) is 7.14. The predicted molar refractivity (Wildman–Crippen MR) is 76.5 cm³/mol. The fraction of sp³-hybridized carbons (Fsp3) is 0.533. The molecule has 1 unspecified atom stereocenters. The molecule has 0 saturated heterocycles. The molecule has 1 aromatic rings. The summed E-state index contributed by atoms with van der Waals surface area (Å²) < 4.78 is 10.5. The van der Waals surface area contributed by atoms with Crippen molar-refractivity contribution in [3.05, 3.63) is 29.3 Å². The summed E-state index contributed by atoms with van der Waals surface area (Å²) in [4.78, 5) is 11.7. The Kier molecular flexibility index (Phi) is 5.67. The Labute approximate surface area is 119 Å². The highest BCUT2D eigenvalue weighted by atomic mass is 35.5. The molecule has 0 aliphatic carbocycles. The molecule has 1 atom stereocenters. The summed E-state index contributed by atoms with van der Waals surface area (Å²) >= 11 is 5.88. The second-order valence-corrected chi connectivity index (χ2v) is 6.19. The number of hydrogen-bond donors (Lipinski definition) is 0. The van der Waals surface area contributed by atoms with Crippen LogP contribution in [0.3, 0.4) is 0 Å². The van der Waals surface area contributed by atoms with Gasteiger partial charge in [-0.05, 0) is 30.0 Å². The van der Waals surface area contributed by atoms with Crippen LogP contribution in [0.4, 0.5) is 0 Å². The van der Waals surface area contributed by atoms with E-state index in [0.717, 1.165) is 0 Å². The molecule has 0 spiro atoms. The summed E-state index contributed by atoms with van der Waals surface area (Å²) in [7, 11) is 1.40. The van der Waals surface area contributed by atoms with Crippen molar-refractivity contribution in [2.45, 2.75) is 27.2 Å². The molecule has 3 nitrogen and oxygen atoms in total. The van der Waals surface area contributed by atoms with Crippen LogP contribution in [0.2, 0.25) is 5.02 Å². The molecule has 0 N–H and O–H groups in total. The molecule has 0 aromatic heterocycles. The molecule has 0 heterocycles. The van der Waals surface area contributed by atoms with E-state index in [-0.39, 0.29) is 17.3 Å². The first-order valence-corrected chi connectivity index (χ1v) is 6.66. The Morgan fingerprint density at radius 3 is 2.58 bits per heavy atom. The molecule has 0 aliphatic rings. The fourth-order valence-corrected chi connectivity index (χ4v) is 2.05. The quantitative estimate of drug-likeness (QED) is 0.768. The van der Waals surface area contributed by atoms with Crippen molar-refractivity contribution >= 4 is 17.6 Å². The monoisotopic (exact) mass is 284 g/mol. The Balaban J connectivity index is 2.65. The minimum absolute atomic E-state index is 0.0382. The van der Waals surface area contributed by atoms with E-state index in [1.54, 1.807) is 12.1 Å². The number of carbonyl (C=O) groups is 1. The van der Waals surface area contributed by atoms with Crippen molar-refractivity contribution in [2.75, 3.05) is 13.7 Å². The van der Waals surface area contributed by atoms with Gasteiger partial charge in [0.25, 0.3) is 0 Å². The Morgan fingerprint density at radius 2 is 2.05 bits per heavy atom. The molecular weight excluding hydrogens is 264 g/mol. The zero-order valence-corrected chi connectivity index (χ0v) is 12.7. The molecule has 0 bridgehead atoms. The fourth-order valence-electron chi connectivity index (χ4n) is 1.87. The minimum atomic E-state index is -0.274. The lowest BCUT2D eigenvalue weighted by Crippen LogP contribution is -2.27. The smallest absolute Gasteiger partial charge is 0.312 e. The van der Waals surface area contributed by atoms with Crippen LogP contribution in [0, 0.1) is 11.3 Å². The van der Waals surface area contributed by atoms with Gasteiger partial charge in [-0.2, -0.15) is 0 Å². The molecule has 0 saturated carbocycles. The van der Waals surface area contributed by atoms with Crippen LogP contribution in [0.1, 0.15) is 27.2 Å². The van der Waals surface area contributed by atoms with Gasteiger partial charge in [0.15, 0.2) is 0 Å². The van der Waals surface area contributed by atoms with E-state index in [2.05, 4.69) is 20.8 Å². The van der Waals surface area contributed by atoms with Crippen molar-refractivity contribution in [1.82, 2.24) is 0 Å². The number of halogens is 1. The molecule has 1 aromatic carbocycles. The van der Waals surface area contributed by atoms with Gasteiger partial charge in [0.1, 0.15) is 12.4 Å². The van der Waals surface area contributed by atoms with Crippen LogP contribution < -0.4 is 4.74 Å². The van der Waals surface area contributed by atoms with Crippen molar-refractivity contribution in [3.8, 4) is 5.75 Å².